The smallest absolute Gasteiger partial charge is 0.223 e. The third-order valence-electron chi connectivity index (χ3n) is 3.13. The van der Waals surface area contributed by atoms with Crippen molar-refractivity contribution in [2.75, 3.05) is 11.1 Å². The van der Waals surface area contributed by atoms with Crippen LogP contribution in [0, 0.1) is 6.92 Å². The molecule has 0 atom stereocenters. The van der Waals surface area contributed by atoms with E-state index in [1.807, 2.05) is 36.3 Å². The lowest BCUT2D eigenvalue weighted by Crippen LogP contribution is -2.05. The van der Waals surface area contributed by atoms with Crippen molar-refractivity contribution in [3.63, 3.8) is 0 Å². The zero-order valence-electron chi connectivity index (χ0n) is 10.7. The molecule has 0 aliphatic rings. The van der Waals surface area contributed by atoms with E-state index < -0.39 is 0 Å². The standard InChI is InChI=1S/C12H14N6S/c1-7-8(6-15-18(7)2)5-14-10-9-3-4-19-11(9)17-12(13)16-10/h3-4,6H,5H2,1-2H3,(H3,13,14,16,17). The van der Waals surface area contributed by atoms with Crippen LogP contribution in [-0.2, 0) is 13.6 Å². The summed E-state index contributed by atoms with van der Waals surface area (Å²) in [5.41, 5.74) is 7.99. The molecule has 3 rings (SSSR count). The summed E-state index contributed by atoms with van der Waals surface area (Å²) < 4.78 is 1.85. The number of nitrogen functional groups attached to an aromatic ring is 1. The van der Waals surface area contributed by atoms with Crippen molar-refractivity contribution < 1.29 is 0 Å². The highest BCUT2D eigenvalue weighted by Gasteiger charge is 2.09. The lowest BCUT2D eigenvalue weighted by atomic mass is 10.2. The summed E-state index contributed by atoms with van der Waals surface area (Å²) in [5.74, 6) is 1.06. The van der Waals surface area contributed by atoms with Gasteiger partial charge in [0.1, 0.15) is 10.6 Å². The summed E-state index contributed by atoms with van der Waals surface area (Å²) in [6.07, 6.45) is 1.86. The average molecular weight is 274 g/mol. The minimum absolute atomic E-state index is 0.292. The van der Waals surface area contributed by atoms with Gasteiger partial charge in [-0.05, 0) is 18.4 Å². The normalized spacial score (nSPS) is 11.1. The maximum atomic E-state index is 5.71. The summed E-state index contributed by atoms with van der Waals surface area (Å²) >= 11 is 1.56. The Hall–Kier alpha value is -2.15. The predicted octanol–water partition coefficient (Wildman–Crippen LogP) is 1.93. The third kappa shape index (κ3) is 2.12. The van der Waals surface area contributed by atoms with Crippen LogP contribution >= 0.6 is 11.3 Å². The third-order valence-corrected chi connectivity index (χ3v) is 3.93. The molecule has 0 spiro atoms. The zero-order chi connectivity index (χ0) is 13.4. The Morgan fingerprint density at radius 3 is 3.00 bits per heavy atom. The van der Waals surface area contributed by atoms with E-state index in [0.29, 0.717) is 12.5 Å². The second-order valence-corrected chi connectivity index (χ2v) is 5.20. The van der Waals surface area contributed by atoms with Crippen LogP contribution in [0.25, 0.3) is 10.2 Å². The van der Waals surface area contributed by atoms with E-state index in [1.54, 1.807) is 11.3 Å². The maximum Gasteiger partial charge on any atom is 0.223 e. The fraction of sp³-hybridized carbons (Fsp3) is 0.250. The molecule has 0 saturated carbocycles. The van der Waals surface area contributed by atoms with Gasteiger partial charge in [0.2, 0.25) is 5.95 Å². The van der Waals surface area contributed by atoms with E-state index >= 15 is 0 Å². The molecule has 0 radical (unpaired) electrons. The molecule has 0 fully saturated rings. The SMILES string of the molecule is Cc1c(CNc2nc(N)nc3sccc23)cnn1C. The molecule has 0 aromatic carbocycles. The van der Waals surface area contributed by atoms with Crippen molar-refractivity contribution in [2.45, 2.75) is 13.5 Å². The molecule has 3 N–H and O–H groups in total. The molecule has 0 aliphatic heterocycles. The number of fused-ring (bicyclic) bond motifs is 1. The summed E-state index contributed by atoms with van der Waals surface area (Å²) in [7, 11) is 1.93. The van der Waals surface area contributed by atoms with Crippen LogP contribution in [0.3, 0.4) is 0 Å². The van der Waals surface area contributed by atoms with Crippen LogP contribution in [0.1, 0.15) is 11.3 Å². The molecule has 98 valence electrons. The molecule has 0 unspecified atom stereocenters. The summed E-state index contributed by atoms with van der Waals surface area (Å²) in [4.78, 5) is 9.36. The summed E-state index contributed by atoms with van der Waals surface area (Å²) in [6.45, 7) is 2.71. The fourth-order valence-electron chi connectivity index (χ4n) is 1.90. The van der Waals surface area contributed by atoms with E-state index in [0.717, 1.165) is 27.3 Å². The molecule has 0 aliphatic carbocycles. The minimum Gasteiger partial charge on any atom is -0.368 e. The lowest BCUT2D eigenvalue weighted by molar-refractivity contribution is 0.738. The Bertz CT molecular complexity index is 729. The Morgan fingerprint density at radius 2 is 2.26 bits per heavy atom. The van der Waals surface area contributed by atoms with Gasteiger partial charge in [0.15, 0.2) is 0 Å². The second-order valence-electron chi connectivity index (χ2n) is 4.30. The number of aromatic nitrogens is 4. The number of nitrogens with one attached hydrogen (secondary N) is 1. The van der Waals surface area contributed by atoms with Gasteiger partial charge in [0.25, 0.3) is 0 Å². The van der Waals surface area contributed by atoms with Crippen molar-refractivity contribution in [2.24, 2.45) is 7.05 Å². The van der Waals surface area contributed by atoms with Gasteiger partial charge in [0, 0.05) is 24.8 Å². The predicted molar refractivity (Wildman–Crippen MR) is 77.1 cm³/mol. The van der Waals surface area contributed by atoms with Gasteiger partial charge in [-0.2, -0.15) is 10.1 Å². The van der Waals surface area contributed by atoms with Crippen LogP contribution < -0.4 is 11.1 Å². The van der Waals surface area contributed by atoms with E-state index in [1.165, 1.54) is 0 Å². The maximum absolute atomic E-state index is 5.71. The number of rotatable bonds is 3. The first-order valence-corrected chi connectivity index (χ1v) is 6.75. The number of anilines is 2. The molecule has 0 saturated heterocycles. The zero-order valence-corrected chi connectivity index (χ0v) is 11.5. The van der Waals surface area contributed by atoms with Gasteiger partial charge in [-0.25, -0.2) is 4.98 Å². The highest BCUT2D eigenvalue weighted by molar-refractivity contribution is 7.16. The van der Waals surface area contributed by atoms with Gasteiger partial charge in [-0.1, -0.05) is 0 Å². The summed E-state index contributed by atoms with van der Waals surface area (Å²) in [5, 5.41) is 10.5. The monoisotopic (exact) mass is 274 g/mol. The quantitative estimate of drug-likeness (QED) is 0.762. The van der Waals surface area contributed by atoms with E-state index in [2.05, 4.69) is 20.4 Å². The molecule has 0 bridgehead atoms. The summed E-state index contributed by atoms with van der Waals surface area (Å²) in [6, 6.07) is 2.00. The average Bonchev–Trinajstić information content (AvgIpc) is 2.96. The van der Waals surface area contributed by atoms with Crippen molar-refractivity contribution >= 4 is 33.3 Å². The molecule has 19 heavy (non-hydrogen) atoms. The van der Waals surface area contributed by atoms with E-state index in [-0.39, 0.29) is 0 Å². The minimum atomic E-state index is 0.292. The molecule has 3 aromatic rings. The topological polar surface area (TPSA) is 81.7 Å². The first-order valence-electron chi connectivity index (χ1n) is 5.87. The molecular weight excluding hydrogens is 260 g/mol. The molecule has 3 heterocycles. The first-order chi connectivity index (χ1) is 9.15. The van der Waals surface area contributed by atoms with Crippen LogP contribution in [0.2, 0.25) is 0 Å². The largest absolute Gasteiger partial charge is 0.368 e. The number of hydrogen-bond donors (Lipinski definition) is 2. The number of aryl methyl sites for hydroxylation is 1. The number of nitrogens with zero attached hydrogens (tertiary/aromatic N) is 4. The molecule has 7 heteroatoms. The van der Waals surface area contributed by atoms with Gasteiger partial charge >= 0.3 is 0 Å². The van der Waals surface area contributed by atoms with Crippen LogP contribution in [-0.4, -0.2) is 19.7 Å². The van der Waals surface area contributed by atoms with Crippen molar-refractivity contribution in [1.82, 2.24) is 19.7 Å². The molecule has 6 nitrogen and oxygen atoms in total. The lowest BCUT2D eigenvalue weighted by Gasteiger charge is -2.07. The fourth-order valence-corrected chi connectivity index (χ4v) is 2.67. The highest BCUT2D eigenvalue weighted by Crippen LogP contribution is 2.26. The number of thiophene rings is 1. The van der Waals surface area contributed by atoms with Gasteiger partial charge in [-0.3, -0.25) is 4.68 Å². The molecule has 0 amide bonds. The van der Waals surface area contributed by atoms with E-state index in [9.17, 15) is 0 Å². The van der Waals surface area contributed by atoms with Gasteiger partial charge < -0.3 is 11.1 Å². The number of nitrogens with two attached hydrogens (primary N) is 1. The number of hydrogen-bond acceptors (Lipinski definition) is 6. The molecule has 3 aromatic heterocycles. The van der Waals surface area contributed by atoms with Crippen LogP contribution in [0.5, 0.6) is 0 Å². The van der Waals surface area contributed by atoms with Crippen molar-refractivity contribution in [1.29, 1.82) is 0 Å². The van der Waals surface area contributed by atoms with Crippen LogP contribution in [0.4, 0.5) is 11.8 Å². The van der Waals surface area contributed by atoms with Gasteiger partial charge in [-0.15, -0.1) is 11.3 Å². The Balaban J connectivity index is 1.89. The van der Waals surface area contributed by atoms with Crippen molar-refractivity contribution in [3.05, 3.63) is 28.9 Å². The molecular formula is C12H14N6S. The van der Waals surface area contributed by atoms with Gasteiger partial charge in [0.05, 0.1) is 11.6 Å². The van der Waals surface area contributed by atoms with E-state index in [4.69, 9.17) is 5.73 Å². The second kappa shape index (κ2) is 4.51. The Morgan fingerprint density at radius 1 is 1.42 bits per heavy atom. The Kier molecular flexibility index (Phi) is 2.83. The van der Waals surface area contributed by atoms with Crippen LogP contribution in [0.15, 0.2) is 17.6 Å². The van der Waals surface area contributed by atoms with Crippen molar-refractivity contribution in [3.8, 4) is 0 Å². The highest BCUT2D eigenvalue weighted by atomic mass is 32.1. The Labute approximate surface area is 114 Å². The first kappa shape index (κ1) is 11.9.